The van der Waals surface area contributed by atoms with Gasteiger partial charge in [-0.15, -0.1) is 10.2 Å². The van der Waals surface area contributed by atoms with Gasteiger partial charge in [-0.1, -0.05) is 11.3 Å². The molecule has 0 aliphatic rings. The van der Waals surface area contributed by atoms with Gasteiger partial charge in [0.1, 0.15) is 5.01 Å². The van der Waals surface area contributed by atoms with E-state index in [9.17, 15) is 9.59 Å². The number of carbonyl (C=O) groups excluding carboxylic acids is 2. The van der Waals surface area contributed by atoms with Crippen molar-refractivity contribution in [2.24, 2.45) is 0 Å². The molecular formula is C14H16N4O4S. The number of aromatic nitrogens is 2. The fraction of sp³-hybridized carbons (Fsp3) is 0.286. The number of aryl methyl sites for hydroxylation is 1. The average molecular weight is 336 g/mol. The Morgan fingerprint density at radius 2 is 1.91 bits per heavy atom. The topological polar surface area (TPSA) is 102 Å². The van der Waals surface area contributed by atoms with Crippen LogP contribution in [0, 0.1) is 6.92 Å². The molecule has 8 nitrogen and oxygen atoms in total. The van der Waals surface area contributed by atoms with E-state index < -0.39 is 5.91 Å². The maximum Gasteiger partial charge on any atom is 0.251 e. The van der Waals surface area contributed by atoms with Crippen molar-refractivity contribution in [3.63, 3.8) is 0 Å². The highest BCUT2D eigenvalue weighted by molar-refractivity contribution is 7.15. The number of amides is 2. The van der Waals surface area contributed by atoms with Crippen molar-refractivity contribution in [3.05, 3.63) is 28.8 Å². The predicted octanol–water partition coefficient (Wildman–Crippen LogP) is 1.23. The van der Waals surface area contributed by atoms with Gasteiger partial charge >= 0.3 is 0 Å². The smallest absolute Gasteiger partial charge is 0.251 e. The van der Waals surface area contributed by atoms with Crippen LogP contribution in [0.25, 0.3) is 0 Å². The van der Waals surface area contributed by atoms with Crippen LogP contribution in [0.3, 0.4) is 0 Å². The molecule has 0 bridgehead atoms. The van der Waals surface area contributed by atoms with Crippen LogP contribution in [0.4, 0.5) is 5.13 Å². The van der Waals surface area contributed by atoms with E-state index in [1.807, 2.05) is 0 Å². The van der Waals surface area contributed by atoms with Crippen LogP contribution in [0.2, 0.25) is 0 Å². The molecule has 122 valence electrons. The summed E-state index contributed by atoms with van der Waals surface area (Å²) in [5, 5.41) is 13.8. The number of hydrogen-bond acceptors (Lipinski definition) is 7. The third kappa shape index (κ3) is 4.39. The number of rotatable bonds is 6. The first-order valence-electron chi connectivity index (χ1n) is 6.63. The van der Waals surface area contributed by atoms with E-state index in [1.54, 1.807) is 25.1 Å². The van der Waals surface area contributed by atoms with E-state index in [0.29, 0.717) is 22.2 Å². The lowest BCUT2D eigenvalue weighted by Crippen LogP contribution is -2.32. The van der Waals surface area contributed by atoms with Crippen molar-refractivity contribution in [1.29, 1.82) is 0 Å². The highest BCUT2D eigenvalue weighted by atomic mass is 32.1. The van der Waals surface area contributed by atoms with Gasteiger partial charge in [-0.25, -0.2) is 0 Å². The molecule has 0 spiro atoms. The highest BCUT2D eigenvalue weighted by Gasteiger charge is 2.12. The number of nitrogens with one attached hydrogen (secondary N) is 2. The standard InChI is InChI=1S/C14H16N4O4S/c1-8-17-18-14(23-8)16-12(19)7-15-13(20)9-4-5-10(21-2)11(6-9)22-3/h4-6H,7H2,1-3H3,(H,15,20)(H,16,18,19). The van der Waals surface area contributed by atoms with Gasteiger partial charge < -0.3 is 14.8 Å². The minimum atomic E-state index is -0.394. The summed E-state index contributed by atoms with van der Waals surface area (Å²) in [6.45, 7) is 1.61. The fourth-order valence-electron chi connectivity index (χ4n) is 1.75. The molecule has 0 aliphatic heterocycles. The second kappa shape index (κ2) is 7.54. The summed E-state index contributed by atoms with van der Waals surface area (Å²) in [4.78, 5) is 23.8. The molecule has 9 heteroatoms. The zero-order valence-corrected chi connectivity index (χ0v) is 13.7. The number of benzene rings is 1. The Kier molecular flexibility index (Phi) is 5.47. The molecule has 1 aromatic carbocycles. The second-order valence-electron chi connectivity index (χ2n) is 4.43. The monoisotopic (exact) mass is 336 g/mol. The van der Waals surface area contributed by atoms with Crippen LogP contribution >= 0.6 is 11.3 Å². The van der Waals surface area contributed by atoms with Gasteiger partial charge in [0.15, 0.2) is 11.5 Å². The van der Waals surface area contributed by atoms with Gasteiger partial charge in [0.25, 0.3) is 5.91 Å². The van der Waals surface area contributed by atoms with Gasteiger partial charge in [0, 0.05) is 5.56 Å². The third-order valence-electron chi connectivity index (χ3n) is 2.83. The van der Waals surface area contributed by atoms with E-state index in [0.717, 1.165) is 5.01 Å². The number of nitrogens with zero attached hydrogens (tertiary/aromatic N) is 2. The minimum absolute atomic E-state index is 0.175. The normalized spacial score (nSPS) is 10.0. The first kappa shape index (κ1) is 16.7. The Morgan fingerprint density at radius 1 is 1.17 bits per heavy atom. The van der Waals surface area contributed by atoms with E-state index in [2.05, 4.69) is 20.8 Å². The lowest BCUT2D eigenvalue weighted by atomic mass is 10.2. The summed E-state index contributed by atoms with van der Waals surface area (Å²) in [5.41, 5.74) is 0.363. The number of ether oxygens (including phenoxy) is 2. The Labute approximate surface area is 136 Å². The molecule has 2 amide bonds. The van der Waals surface area contributed by atoms with Crippen molar-refractivity contribution in [1.82, 2.24) is 15.5 Å². The molecule has 2 N–H and O–H groups in total. The van der Waals surface area contributed by atoms with Crippen molar-refractivity contribution in [2.45, 2.75) is 6.92 Å². The number of methoxy groups -OCH3 is 2. The second-order valence-corrected chi connectivity index (χ2v) is 5.61. The molecule has 2 aromatic rings. The molecule has 0 unspecified atom stereocenters. The van der Waals surface area contributed by atoms with Crippen LogP contribution < -0.4 is 20.1 Å². The van der Waals surface area contributed by atoms with E-state index in [-0.39, 0.29) is 12.5 Å². The summed E-state index contributed by atoms with van der Waals surface area (Å²) < 4.78 is 10.2. The number of anilines is 1. The Balaban J connectivity index is 1.92. The summed E-state index contributed by atoms with van der Waals surface area (Å²) in [7, 11) is 2.99. The van der Waals surface area contributed by atoms with Gasteiger partial charge in [0.05, 0.1) is 20.8 Å². The van der Waals surface area contributed by atoms with Crippen molar-refractivity contribution in [2.75, 3.05) is 26.1 Å². The fourth-order valence-corrected chi connectivity index (χ4v) is 2.36. The molecule has 0 fully saturated rings. The van der Waals surface area contributed by atoms with E-state index >= 15 is 0 Å². The SMILES string of the molecule is COc1ccc(C(=O)NCC(=O)Nc2nnc(C)s2)cc1OC. The van der Waals surface area contributed by atoms with Crippen LogP contribution in [-0.2, 0) is 4.79 Å². The molecule has 0 radical (unpaired) electrons. The number of carbonyl (C=O) groups is 2. The summed E-state index contributed by atoms with van der Waals surface area (Å²) in [6, 6.07) is 4.75. The maximum atomic E-state index is 12.1. The average Bonchev–Trinajstić information content (AvgIpc) is 2.96. The van der Waals surface area contributed by atoms with Crippen LogP contribution in [0.1, 0.15) is 15.4 Å². The molecule has 0 saturated carbocycles. The van der Waals surface area contributed by atoms with Crippen molar-refractivity contribution in [3.8, 4) is 11.5 Å². The number of hydrogen-bond donors (Lipinski definition) is 2. The lowest BCUT2D eigenvalue weighted by Gasteiger charge is -2.09. The highest BCUT2D eigenvalue weighted by Crippen LogP contribution is 2.27. The predicted molar refractivity (Wildman–Crippen MR) is 85.2 cm³/mol. The van der Waals surface area contributed by atoms with Crippen LogP contribution in [0.15, 0.2) is 18.2 Å². The molecule has 1 heterocycles. The molecule has 2 rings (SSSR count). The van der Waals surface area contributed by atoms with Gasteiger partial charge in [-0.05, 0) is 25.1 Å². The molecule has 0 saturated heterocycles. The van der Waals surface area contributed by atoms with Gasteiger partial charge in [-0.3, -0.25) is 14.9 Å². The lowest BCUT2D eigenvalue weighted by molar-refractivity contribution is -0.115. The zero-order valence-electron chi connectivity index (χ0n) is 12.9. The molecule has 0 aliphatic carbocycles. The van der Waals surface area contributed by atoms with Gasteiger partial charge in [-0.2, -0.15) is 0 Å². The molecular weight excluding hydrogens is 320 g/mol. The summed E-state index contributed by atoms with van der Waals surface area (Å²) in [5.74, 6) is 0.187. The summed E-state index contributed by atoms with van der Waals surface area (Å²) in [6.07, 6.45) is 0. The van der Waals surface area contributed by atoms with Crippen LogP contribution in [-0.4, -0.2) is 42.8 Å². The van der Waals surface area contributed by atoms with E-state index in [1.165, 1.54) is 25.6 Å². The van der Waals surface area contributed by atoms with Crippen molar-refractivity contribution < 1.29 is 19.1 Å². The molecule has 0 atom stereocenters. The maximum absolute atomic E-state index is 12.1. The Hall–Kier alpha value is -2.68. The van der Waals surface area contributed by atoms with E-state index in [4.69, 9.17) is 9.47 Å². The zero-order chi connectivity index (χ0) is 16.8. The first-order valence-corrected chi connectivity index (χ1v) is 7.45. The molecule has 1 aromatic heterocycles. The third-order valence-corrected chi connectivity index (χ3v) is 3.58. The first-order chi connectivity index (χ1) is 11.0. The van der Waals surface area contributed by atoms with Crippen molar-refractivity contribution >= 4 is 28.3 Å². The Morgan fingerprint density at radius 3 is 2.52 bits per heavy atom. The quantitative estimate of drug-likeness (QED) is 0.822. The molecule has 23 heavy (non-hydrogen) atoms. The summed E-state index contributed by atoms with van der Waals surface area (Å²) >= 11 is 1.26. The van der Waals surface area contributed by atoms with Gasteiger partial charge in [0.2, 0.25) is 11.0 Å². The minimum Gasteiger partial charge on any atom is -0.493 e. The van der Waals surface area contributed by atoms with Crippen LogP contribution in [0.5, 0.6) is 11.5 Å². The largest absolute Gasteiger partial charge is 0.493 e. The Bertz CT molecular complexity index is 717.